The molecule has 0 bridgehead atoms. The molecule has 4 nitrogen and oxygen atoms in total. The maximum absolute atomic E-state index is 7.46. The third-order valence-corrected chi connectivity index (χ3v) is 13.8. The first-order chi connectivity index (χ1) is 31.6. The van der Waals surface area contributed by atoms with E-state index in [1.54, 1.807) is 0 Å². The highest BCUT2D eigenvalue weighted by Gasteiger charge is 2.60. The van der Waals surface area contributed by atoms with Crippen LogP contribution in [-0.4, -0.2) is 39.5 Å². The number of nitrogens with one attached hydrogen (secondary N) is 1. The van der Waals surface area contributed by atoms with Crippen LogP contribution in [0.4, 0.5) is 0 Å². The zero-order valence-electron chi connectivity index (χ0n) is 42.8. The summed E-state index contributed by atoms with van der Waals surface area (Å²) in [6.45, 7) is 9.05. The predicted octanol–water partition coefficient (Wildman–Crippen LogP) is 13.9. The van der Waals surface area contributed by atoms with Crippen LogP contribution in [0.25, 0.3) is 0 Å². The molecule has 0 aliphatic heterocycles. The zero-order chi connectivity index (χ0) is 45.6. The Balaban J connectivity index is 0.0000145. The summed E-state index contributed by atoms with van der Waals surface area (Å²) in [6.07, 6.45) is 38.3. The summed E-state index contributed by atoms with van der Waals surface area (Å²) >= 11 is 0. The molecule has 0 aliphatic rings. The number of quaternary nitrogens is 1. The number of ether oxygens (including phenoxy) is 3. The monoisotopic (exact) mass is 962 g/mol. The molecule has 0 amide bonds. The van der Waals surface area contributed by atoms with Gasteiger partial charge >= 0.3 is 0 Å². The summed E-state index contributed by atoms with van der Waals surface area (Å²) < 4.78 is 22.4. The van der Waals surface area contributed by atoms with Crippen molar-refractivity contribution in [3.05, 3.63) is 108 Å². The molecule has 0 heterocycles. The van der Waals surface area contributed by atoms with E-state index in [9.17, 15) is 0 Å². The van der Waals surface area contributed by atoms with Crippen molar-refractivity contribution in [2.24, 2.45) is 0 Å². The molecule has 3 unspecified atom stereocenters. The van der Waals surface area contributed by atoms with Gasteiger partial charge in [-0.3, -0.25) is 0 Å². The van der Waals surface area contributed by atoms with Gasteiger partial charge in [0.1, 0.15) is 18.3 Å². The van der Waals surface area contributed by atoms with E-state index in [1.807, 2.05) is 0 Å². The molecule has 0 fully saturated rings. The number of hydrogen-bond acceptors (Lipinski definition) is 3. The first-order valence-electron chi connectivity index (χ1n) is 27.4. The number of hydrogen-bond donors (Lipinski definition) is 1. The van der Waals surface area contributed by atoms with Crippen molar-refractivity contribution < 1.29 is 36.1 Å². The van der Waals surface area contributed by atoms with Crippen LogP contribution < -0.4 is 21.9 Å². The number of unbranched alkanes of at least 4 members (excludes halogenated alkanes) is 27. The maximum atomic E-state index is 7.46. The second-order valence-electron chi connectivity index (χ2n) is 19.5. The first kappa shape index (κ1) is 59.1. The number of halogens is 1. The van der Waals surface area contributed by atoms with E-state index in [0.29, 0.717) is 19.8 Å². The maximum Gasteiger partial charge on any atom is 0.189 e. The van der Waals surface area contributed by atoms with E-state index in [2.05, 4.69) is 126 Å². The third-order valence-electron chi connectivity index (χ3n) is 13.8. The van der Waals surface area contributed by atoms with Gasteiger partial charge in [0.25, 0.3) is 0 Å². The summed E-state index contributed by atoms with van der Waals surface area (Å²) in [7, 11) is 4.67. The SMILES string of the molecule is CCCCCCCCCCCCOC(c1ccccc1)C(C(OCCCCCCCCCCCC)c1ccccc1)(C(OCCCCCCCCCCCC)c1ccccc1)[NH+](C)C.[Br-]. The van der Waals surface area contributed by atoms with E-state index in [4.69, 9.17) is 14.2 Å². The Bertz CT molecular complexity index is 1270. The van der Waals surface area contributed by atoms with Crippen molar-refractivity contribution >= 4 is 0 Å². The summed E-state index contributed by atoms with van der Waals surface area (Å²) in [6, 6.07) is 33.3. The molecule has 5 heteroatoms. The minimum absolute atomic E-state index is 0. The summed E-state index contributed by atoms with van der Waals surface area (Å²) in [5.41, 5.74) is 2.92. The molecule has 3 aromatic carbocycles. The second-order valence-corrected chi connectivity index (χ2v) is 19.5. The van der Waals surface area contributed by atoms with Crippen LogP contribution in [0.5, 0.6) is 0 Å². The van der Waals surface area contributed by atoms with Crippen molar-refractivity contribution in [1.82, 2.24) is 0 Å². The van der Waals surface area contributed by atoms with Crippen LogP contribution in [0.2, 0.25) is 0 Å². The third kappa shape index (κ3) is 23.7. The van der Waals surface area contributed by atoms with Crippen LogP contribution in [-0.2, 0) is 14.2 Å². The molecule has 1 N–H and O–H groups in total. The molecule has 370 valence electrons. The Kier molecular flexibility index (Phi) is 36.3. The largest absolute Gasteiger partial charge is 1.00 e. The molecular weight excluding hydrogens is 863 g/mol. The lowest BCUT2D eigenvalue weighted by molar-refractivity contribution is -0.934. The number of rotatable bonds is 43. The van der Waals surface area contributed by atoms with Crippen molar-refractivity contribution in [2.75, 3.05) is 33.9 Å². The second kappa shape index (κ2) is 39.9. The van der Waals surface area contributed by atoms with Crippen LogP contribution in [0, 0.1) is 0 Å². The fraction of sp³-hybridized carbons (Fsp3) is 0.700. The van der Waals surface area contributed by atoms with Gasteiger partial charge < -0.3 is 36.1 Å². The smallest absolute Gasteiger partial charge is 0.189 e. The Morgan fingerprint density at radius 3 is 0.723 bits per heavy atom. The minimum atomic E-state index is -0.667. The number of benzene rings is 3. The van der Waals surface area contributed by atoms with Crippen molar-refractivity contribution in [3.8, 4) is 0 Å². The van der Waals surface area contributed by atoms with E-state index < -0.39 is 5.54 Å². The van der Waals surface area contributed by atoms with Crippen LogP contribution in [0.15, 0.2) is 91.0 Å². The lowest BCUT2D eigenvalue weighted by Gasteiger charge is -2.51. The van der Waals surface area contributed by atoms with E-state index in [1.165, 1.54) is 195 Å². The van der Waals surface area contributed by atoms with E-state index in [0.717, 1.165) is 19.3 Å². The Morgan fingerprint density at radius 1 is 0.323 bits per heavy atom. The topological polar surface area (TPSA) is 32.1 Å². The van der Waals surface area contributed by atoms with Gasteiger partial charge in [-0.25, -0.2) is 0 Å². The normalized spacial score (nSPS) is 13.9. The summed E-state index contributed by atoms with van der Waals surface area (Å²) in [4.78, 5) is 1.29. The Hall–Kier alpha value is -2.02. The Morgan fingerprint density at radius 2 is 0.523 bits per heavy atom. The highest BCUT2D eigenvalue weighted by molar-refractivity contribution is 5.32. The van der Waals surface area contributed by atoms with Gasteiger partial charge in [-0.2, -0.15) is 0 Å². The lowest BCUT2D eigenvalue weighted by Crippen LogP contribution is -3.17. The molecule has 3 atom stereocenters. The molecule has 0 aromatic heterocycles. The van der Waals surface area contributed by atoms with Crippen LogP contribution in [0.1, 0.15) is 248 Å². The molecule has 0 spiro atoms. The minimum Gasteiger partial charge on any atom is -1.00 e. The molecule has 0 aliphatic carbocycles. The van der Waals surface area contributed by atoms with Crippen LogP contribution in [0.3, 0.4) is 0 Å². The van der Waals surface area contributed by atoms with Gasteiger partial charge in [-0.05, 0) is 36.0 Å². The molecule has 3 rings (SSSR count). The van der Waals surface area contributed by atoms with Crippen molar-refractivity contribution in [3.63, 3.8) is 0 Å². The van der Waals surface area contributed by atoms with Gasteiger partial charge in [0.15, 0.2) is 5.54 Å². The average Bonchev–Trinajstić information content (AvgIpc) is 3.32. The zero-order valence-corrected chi connectivity index (χ0v) is 44.4. The molecule has 0 radical (unpaired) electrons. The Labute approximate surface area is 412 Å². The van der Waals surface area contributed by atoms with E-state index in [-0.39, 0.29) is 35.3 Å². The summed E-state index contributed by atoms with van der Waals surface area (Å²) in [5.74, 6) is 0. The highest BCUT2D eigenvalue weighted by Crippen LogP contribution is 2.49. The predicted molar refractivity (Wildman–Crippen MR) is 276 cm³/mol. The van der Waals surface area contributed by atoms with Crippen molar-refractivity contribution in [1.29, 1.82) is 0 Å². The lowest BCUT2D eigenvalue weighted by atomic mass is 9.72. The standard InChI is InChI=1S/C60H99NO3.BrH/c1-6-9-12-15-18-21-24-27-30-42-51-62-57(54-45-36-33-37-46-54)60(61(4)5,58(55-47-38-34-39-48-55)63-52-43-31-28-25-22-19-16-13-10-7-2)59(56-49-40-35-41-50-56)64-53-44-32-29-26-23-20-17-14-11-8-3;/h33-41,45-50,57-59H,6-32,42-44,51-53H2,1-5H3;1H. The quantitative estimate of drug-likeness (QED) is 0.0574. The highest BCUT2D eigenvalue weighted by atomic mass is 79.9. The first-order valence-corrected chi connectivity index (χ1v) is 27.4. The number of likely N-dealkylation sites (N-methyl/N-ethyl adjacent to an activating group) is 1. The van der Waals surface area contributed by atoms with Gasteiger partial charge in [0.05, 0.1) is 14.1 Å². The summed E-state index contributed by atoms with van der Waals surface area (Å²) in [5, 5.41) is 0. The molecule has 0 saturated heterocycles. The van der Waals surface area contributed by atoms with Gasteiger partial charge in [0.2, 0.25) is 0 Å². The molecular formula is C60H100BrNO3. The molecule has 3 aromatic rings. The molecule has 65 heavy (non-hydrogen) atoms. The fourth-order valence-electron chi connectivity index (χ4n) is 9.98. The van der Waals surface area contributed by atoms with E-state index >= 15 is 0 Å². The van der Waals surface area contributed by atoms with Gasteiger partial charge in [0, 0.05) is 19.8 Å². The average molecular weight is 963 g/mol. The van der Waals surface area contributed by atoms with Gasteiger partial charge in [-0.15, -0.1) is 0 Å². The van der Waals surface area contributed by atoms with Crippen molar-refractivity contribution in [2.45, 2.75) is 237 Å². The molecule has 0 saturated carbocycles. The van der Waals surface area contributed by atoms with Gasteiger partial charge in [-0.1, -0.05) is 285 Å². The fourth-order valence-corrected chi connectivity index (χ4v) is 9.98. The van der Waals surface area contributed by atoms with Crippen LogP contribution >= 0.6 is 0 Å².